The number of rotatable bonds is 1. The van der Waals surface area contributed by atoms with Crippen molar-refractivity contribution in [3.8, 4) is 0 Å². The highest BCUT2D eigenvalue weighted by Gasteiger charge is 2.24. The second kappa shape index (κ2) is 3.95. The first kappa shape index (κ1) is 9.91. The summed E-state index contributed by atoms with van der Waals surface area (Å²) < 4.78 is 0. The van der Waals surface area contributed by atoms with Crippen molar-refractivity contribution in [3.05, 3.63) is 41.0 Å². The van der Waals surface area contributed by atoms with Crippen molar-refractivity contribution in [2.75, 3.05) is 18.8 Å². The largest absolute Gasteiger partial charge is 0.399 e. The molecule has 1 aliphatic heterocycles. The van der Waals surface area contributed by atoms with E-state index in [1.165, 1.54) is 30.4 Å². The van der Waals surface area contributed by atoms with Gasteiger partial charge in [-0.1, -0.05) is 17.7 Å². The van der Waals surface area contributed by atoms with Gasteiger partial charge in [-0.2, -0.15) is 0 Å². The van der Waals surface area contributed by atoms with Gasteiger partial charge in [-0.25, -0.2) is 0 Å². The van der Waals surface area contributed by atoms with Gasteiger partial charge in [-0.15, -0.1) is 0 Å². The third-order valence-electron chi connectivity index (χ3n) is 3.79. The van der Waals surface area contributed by atoms with E-state index in [0.29, 0.717) is 0 Å². The van der Waals surface area contributed by atoms with E-state index in [1.54, 1.807) is 5.57 Å². The monoisotopic (exact) mass is 214 g/mol. The second-order valence-corrected chi connectivity index (χ2v) is 4.87. The van der Waals surface area contributed by atoms with Crippen LogP contribution in [0.4, 0.5) is 5.69 Å². The molecule has 0 bridgehead atoms. The summed E-state index contributed by atoms with van der Waals surface area (Å²) in [6.07, 6.45) is 5.99. The fraction of sp³-hybridized carbons (Fsp3) is 0.429. The van der Waals surface area contributed by atoms with Crippen LogP contribution in [-0.2, 0) is 12.8 Å². The van der Waals surface area contributed by atoms with Crippen LogP contribution in [0.15, 0.2) is 29.8 Å². The van der Waals surface area contributed by atoms with E-state index in [1.807, 2.05) is 6.07 Å². The predicted octanol–water partition coefficient (Wildman–Crippen LogP) is 1.90. The van der Waals surface area contributed by atoms with Crippen molar-refractivity contribution in [2.45, 2.75) is 19.3 Å². The Bertz CT molecular complexity index is 434. The van der Waals surface area contributed by atoms with E-state index in [-0.39, 0.29) is 0 Å². The van der Waals surface area contributed by atoms with Crippen LogP contribution in [0.5, 0.6) is 0 Å². The van der Waals surface area contributed by atoms with E-state index in [2.05, 4.69) is 23.5 Å². The highest BCUT2D eigenvalue weighted by atomic mass is 14.8. The summed E-state index contributed by atoms with van der Waals surface area (Å²) in [6.45, 7) is 2.19. The molecule has 16 heavy (non-hydrogen) atoms. The number of nitrogens with two attached hydrogens (primary N) is 1. The van der Waals surface area contributed by atoms with Crippen molar-refractivity contribution >= 4 is 5.69 Å². The molecule has 1 heterocycles. The molecule has 84 valence electrons. The Morgan fingerprint density at radius 3 is 2.88 bits per heavy atom. The highest BCUT2D eigenvalue weighted by Crippen LogP contribution is 2.34. The normalized spacial score (nSPS) is 24.0. The molecule has 0 saturated carbocycles. The number of nitrogen functional groups attached to an aromatic ring is 1. The number of nitrogens with one attached hydrogen (secondary N) is 1. The lowest BCUT2D eigenvalue weighted by molar-refractivity contribution is 0.579. The average molecular weight is 214 g/mol. The predicted molar refractivity (Wildman–Crippen MR) is 67.3 cm³/mol. The SMILES string of the molecule is Nc1ccc2c(c1)CC(C1=CCNCC1)C2. The minimum atomic E-state index is 0.735. The molecular weight excluding hydrogens is 196 g/mol. The van der Waals surface area contributed by atoms with Gasteiger partial charge < -0.3 is 11.1 Å². The van der Waals surface area contributed by atoms with E-state index in [4.69, 9.17) is 5.73 Å². The van der Waals surface area contributed by atoms with Gasteiger partial charge in [0.25, 0.3) is 0 Å². The van der Waals surface area contributed by atoms with Crippen LogP contribution in [0.25, 0.3) is 0 Å². The first-order valence-corrected chi connectivity index (χ1v) is 6.10. The molecule has 0 aromatic heterocycles. The van der Waals surface area contributed by atoms with E-state index in [9.17, 15) is 0 Å². The molecule has 1 atom stereocenters. The molecule has 0 saturated heterocycles. The summed E-state index contributed by atoms with van der Waals surface area (Å²) >= 11 is 0. The number of fused-ring (bicyclic) bond motifs is 1. The number of benzene rings is 1. The quantitative estimate of drug-likeness (QED) is 0.553. The minimum absolute atomic E-state index is 0.735. The van der Waals surface area contributed by atoms with Crippen LogP contribution in [0.2, 0.25) is 0 Å². The molecule has 0 fully saturated rings. The van der Waals surface area contributed by atoms with Gasteiger partial charge in [0.2, 0.25) is 0 Å². The van der Waals surface area contributed by atoms with Crippen LogP contribution in [0.1, 0.15) is 17.5 Å². The maximum atomic E-state index is 5.83. The summed E-state index contributed by atoms with van der Waals surface area (Å²) in [7, 11) is 0. The molecule has 1 aromatic rings. The molecule has 1 aliphatic carbocycles. The minimum Gasteiger partial charge on any atom is -0.399 e. The van der Waals surface area contributed by atoms with Crippen LogP contribution in [0, 0.1) is 5.92 Å². The molecule has 0 radical (unpaired) electrons. The zero-order valence-electron chi connectivity index (χ0n) is 9.50. The summed E-state index contributed by atoms with van der Waals surface area (Å²) in [5.74, 6) is 0.735. The number of hydrogen-bond acceptors (Lipinski definition) is 2. The van der Waals surface area contributed by atoms with Crippen molar-refractivity contribution in [1.82, 2.24) is 5.32 Å². The van der Waals surface area contributed by atoms with Gasteiger partial charge in [0, 0.05) is 12.2 Å². The van der Waals surface area contributed by atoms with Gasteiger partial charge in [0.15, 0.2) is 0 Å². The maximum Gasteiger partial charge on any atom is 0.0316 e. The Morgan fingerprint density at radius 2 is 2.06 bits per heavy atom. The van der Waals surface area contributed by atoms with Gasteiger partial charge in [-0.05, 0) is 55.0 Å². The Balaban J connectivity index is 1.82. The number of anilines is 1. The lowest BCUT2D eigenvalue weighted by Crippen LogP contribution is -2.23. The van der Waals surface area contributed by atoms with E-state index in [0.717, 1.165) is 24.7 Å². The van der Waals surface area contributed by atoms with Crippen LogP contribution >= 0.6 is 0 Å². The average Bonchev–Trinajstić information content (AvgIpc) is 2.73. The molecular formula is C14H18N2. The second-order valence-electron chi connectivity index (χ2n) is 4.87. The first-order valence-electron chi connectivity index (χ1n) is 6.10. The van der Waals surface area contributed by atoms with E-state index < -0.39 is 0 Å². The van der Waals surface area contributed by atoms with Crippen LogP contribution < -0.4 is 11.1 Å². The van der Waals surface area contributed by atoms with Gasteiger partial charge >= 0.3 is 0 Å². The molecule has 2 aliphatic rings. The zero-order valence-corrected chi connectivity index (χ0v) is 9.50. The molecule has 0 spiro atoms. The summed E-state index contributed by atoms with van der Waals surface area (Å²) in [5.41, 5.74) is 11.3. The van der Waals surface area contributed by atoms with Crippen molar-refractivity contribution < 1.29 is 0 Å². The third kappa shape index (κ3) is 1.74. The maximum absolute atomic E-state index is 5.83. The molecule has 3 rings (SSSR count). The Labute approximate surface area is 96.5 Å². The standard InChI is InChI=1S/C14H18N2/c15-14-2-1-11-7-12(8-13(11)9-14)10-3-5-16-6-4-10/h1-3,9,12,16H,4-8,15H2. The lowest BCUT2D eigenvalue weighted by atomic mass is 9.92. The van der Waals surface area contributed by atoms with Crippen LogP contribution in [-0.4, -0.2) is 13.1 Å². The van der Waals surface area contributed by atoms with E-state index >= 15 is 0 Å². The Hall–Kier alpha value is -1.28. The zero-order chi connectivity index (χ0) is 11.0. The molecule has 1 aromatic carbocycles. The third-order valence-corrected chi connectivity index (χ3v) is 3.79. The van der Waals surface area contributed by atoms with Crippen molar-refractivity contribution in [1.29, 1.82) is 0 Å². The summed E-state index contributed by atoms with van der Waals surface area (Å²) in [6, 6.07) is 6.38. The first-order chi connectivity index (χ1) is 7.83. The topological polar surface area (TPSA) is 38.0 Å². The van der Waals surface area contributed by atoms with Crippen molar-refractivity contribution in [2.24, 2.45) is 5.92 Å². The van der Waals surface area contributed by atoms with Crippen LogP contribution in [0.3, 0.4) is 0 Å². The fourth-order valence-electron chi connectivity index (χ4n) is 2.91. The molecule has 1 unspecified atom stereocenters. The lowest BCUT2D eigenvalue weighted by Gasteiger charge is -2.19. The van der Waals surface area contributed by atoms with Gasteiger partial charge in [0.05, 0.1) is 0 Å². The molecule has 0 amide bonds. The highest BCUT2D eigenvalue weighted by molar-refractivity contribution is 5.47. The Kier molecular flexibility index (Phi) is 2.44. The van der Waals surface area contributed by atoms with Crippen molar-refractivity contribution in [3.63, 3.8) is 0 Å². The van der Waals surface area contributed by atoms with Gasteiger partial charge in [0.1, 0.15) is 0 Å². The molecule has 2 nitrogen and oxygen atoms in total. The summed E-state index contributed by atoms with van der Waals surface area (Å²) in [5, 5.41) is 3.37. The fourth-order valence-corrected chi connectivity index (χ4v) is 2.91. The number of hydrogen-bond donors (Lipinski definition) is 2. The molecule has 2 heteroatoms. The summed E-state index contributed by atoms with van der Waals surface area (Å²) in [4.78, 5) is 0. The Morgan fingerprint density at radius 1 is 1.19 bits per heavy atom. The smallest absolute Gasteiger partial charge is 0.0316 e. The van der Waals surface area contributed by atoms with Gasteiger partial charge in [-0.3, -0.25) is 0 Å². The molecule has 3 N–H and O–H groups in total.